The number of aromatic nitrogens is 4. The average molecular weight is 277 g/mol. The minimum absolute atomic E-state index is 0.719. The lowest BCUT2D eigenvalue weighted by atomic mass is 10.2. The molecule has 0 N–H and O–H groups in total. The van der Waals surface area contributed by atoms with Crippen molar-refractivity contribution in [3.63, 3.8) is 0 Å². The predicted molar refractivity (Wildman–Crippen MR) is 73.2 cm³/mol. The van der Waals surface area contributed by atoms with Crippen LogP contribution in [0.15, 0.2) is 30.3 Å². The van der Waals surface area contributed by atoms with Gasteiger partial charge >= 0.3 is 0 Å². The van der Waals surface area contributed by atoms with Crippen LogP contribution in [0.25, 0.3) is 11.4 Å². The Kier molecular flexibility index (Phi) is 4.07. The molecule has 1 fully saturated rings. The average Bonchev–Trinajstić information content (AvgIpc) is 2.95. The molecule has 0 spiro atoms. The molecule has 0 atom stereocenters. The van der Waals surface area contributed by atoms with E-state index in [-0.39, 0.29) is 0 Å². The van der Waals surface area contributed by atoms with Crippen molar-refractivity contribution in [2.45, 2.75) is 5.88 Å². The first-order valence-corrected chi connectivity index (χ1v) is 7.15. The van der Waals surface area contributed by atoms with Crippen LogP contribution in [-0.2, 0) is 10.6 Å². The first-order valence-electron chi connectivity index (χ1n) is 6.21. The predicted octanol–water partition coefficient (Wildman–Crippen LogP) is 1.28. The number of hydrogen-bond donors (Lipinski definition) is 0. The van der Waals surface area contributed by atoms with E-state index in [0.29, 0.717) is 0 Å². The van der Waals surface area contributed by atoms with Crippen LogP contribution in [0.5, 0.6) is 0 Å². The molecule has 19 heavy (non-hydrogen) atoms. The molecule has 0 radical (unpaired) electrons. The first-order chi connectivity index (χ1) is 9.43. The maximum Gasteiger partial charge on any atom is 0.182 e. The molecule has 2 heterocycles. The summed E-state index contributed by atoms with van der Waals surface area (Å²) in [7, 11) is 0. The molecule has 0 bridgehead atoms. The monoisotopic (exact) mass is 277 g/mol. The zero-order chi connectivity index (χ0) is 12.9. The Morgan fingerprint density at radius 1 is 1.16 bits per heavy atom. The second-order valence-corrected chi connectivity index (χ2v) is 5.20. The van der Waals surface area contributed by atoms with Gasteiger partial charge in [0, 0.05) is 18.7 Å². The van der Waals surface area contributed by atoms with E-state index in [1.807, 2.05) is 35.0 Å². The van der Waals surface area contributed by atoms with Gasteiger partial charge in [0.05, 0.1) is 13.2 Å². The molecule has 0 amide bonds. The van der Waals surface area contributed by atoms with Crippen molar-refractivity contribution in [3.05, 3.63) is 30.3 Å². The fraction of sp³-hybridized carbons (Fsp3) is 0.417. The second kappa shape index (κ2) is 6.14. The summed E-state index contributed by atoms with van der Waals surface area (Å²) < 4.78 is 9.45. The summed E-state index contributed by atoms with van der Waals surface area (Å²) in [5.41, 5.74) is 1.04. The summed E-state index contributed by atoms with van der Waals surface area (Å²) in [5, 5.41) is 11.9. The van der Waals surface area contributed by atoms with Gasteiger partial charge in [0.1, 0.15) is 5.88 Å². The van der Waals surface area contributed by atoms with Crippen LogP contribution < -0.4 is 0 Å². The number of rotatable bonds is 4. The van der Waals surface area contributed by atoms with E-state index in [9.17, 15) is 0 Å². The molecule has 1 saturated heterocycles. The normalized spacial score (nSPS) is 16.6. The maximum absolute atomic E-state index is 5.33. The molecule has 1 aliphatic heterocycles. The van der Waals surface area contributed by atoms with Crippen LogP contribution in [-0.4, -0.2) is 50.8 Å². The fourth-order valence-electron chi connectivity index (χ4n) is 1.90. The minimum atomic E-state index is 0.719. The number of hydrogen-bond acceptors (Lipinski definition) is 6. The lowest BCUT2D eigenvalue weighted by molar-refractivity contribution is 0.0771. The Labute approximate surface area is 115 Å². The number of ether oxygens (including phenoxy) is 1. The van der Waals surface area contributed by atoms with E-state index in [2.05, 4.69) is 19.8 Å². The highest BCUT2D eigenvalue weighted by Gasteiger charge is 2.13. The lowest BCUT2D eigenvalue weighted by Crippen LogP contribution is -2.31. The van der Waals surface area contributed by atoms with Gasteiger partial charge in [-0.15, -0.1) is 5.10 Å². The molecule has 6 nitrogen and oxygen atoms in total. The van der Waals surface area contributed by atoms with Crippen molar-refractivity contribution in [2.24, 2.45) is 0 Å². The summed E-state index contributed by atoms with van der Waals surface area (Å²) in [6, 6.07) is 10.00. The van der Waals surface area contributed by atoms with Crippen LogP contribution in [0.4, 0.5) is 0 Å². The molecule has 1 aromatic heterocycles. The molecule has 1 aliphatic rings. The molecular formula is C12H15N5OS. The zero-order valence-corrected chi connectivity index (χ0v) is 11.3. The summed E-state index contributed by atoms with van der Waals surface area (Å²) in [6.45, 7) is 3.50. The molecule has 100 valence electrons. The SMILES string of the molecule is c1ccc(-c2nnnn2CSN2CCOCC2)cc1. The van der Waals surface area contributed by atoms with Crippen molar-refractivity contribution in [1.29, 1.82) is 0 Å². The van der Waals surface area contributed by atoms with Crippen LogP contribution >= 0.6 is 11.9 Å². The van der Waals surface area contributed by atoms with Crippen LogP contribution in [0.2, 0.25) is 0 Å². The van der Waals surface area contributed by atoms with Crippen LogP contribution in [0.3, 0.4) is 0 Å². The van der Waals surface area contributed by atoms with Crippen molar-refractivity contribution in [3.8, 4) is 11.4 Å². The molecule has 1 aromatic carbocycles. The van der Waals surface area contributed by atoms with Gasteiger partial charge in [0.2, 0.25) is 0 Å². The van der Waals surface area contributed by atoms with Gasteiger partial charge in [-0.3, -0.25) is 0 Å². The van der Waals surface area contributed by atoms with Gasteiger partial charge < -0.3 is 4.74 Å². The van der Waals surface area contributed by atoms with Gasteiger partial charge in [-0.1, -0.05) is 42.3 Å². The van der Waals surface area contributed by atoms with Crippen molar-refractivity contribution >= 4 is 11.9 Å². The molecule has 7 heteroatoms. The zero-order valence-electron chi connectivity index (χ0n) is 10.5. The molecule has 2 aromatic rings. The maximum atomic E-state index is 5.33. The second-order valence-electron chi connectivity index (χ2n) is 4.17. The summed E-state index contributed by atoms with van der Waals surface area (Å²) in [4.78, 5) is 0. The van der Waals surface area contributed by atoms with E-state index in [1.54, 1.807) is 11.9 Å². The molecular weight excluding hydrogens is 262 g/mol. The quantitative estimate of drug-likeness (QED) is 0.785. The molecule has 3 rings (SSSR count). The van der Waals surface area contributed by atoms with Gasteiger partial charge in [0.15, 0.2) is 5.82 Å². The first kappa shape index (κ1) is 12.6. The van der Waals surface area contributed by atoms with Crippen molar-refractivity contribution in [1.82, 2.24) is 24.5 Å². The third-order valence-electron chi connectivity index (χ3n) is 2.90. The summed E-state index contributed by atoms with van der Waals surface area (Å²) in [6.07, 6.45) is 0. The number of nitrogens with zero attached hydrogens (tertiary/aromatic N) is 5. The van der Waals surface area contributed by atoms with Crippen LogP contribution in [0, 0.1) is 0 Å². The molecule has 0 aliphatic carbocycles. The van der Waals surface area contributed by atoms with E-state index in [1.165, 1.54) is 0 Å². The van der Waals surface area contributed by atoms with E-state index >= 15 is 0 Å². The van der Waals surface area contributed by atoms with Gasteiger partial charge in [-0.2, -0.15) is 0 Å². The summed E-state index contributed by atoms with van der Waals surface area (Å²) >= 11 is 1.74. The summed E-state index contributed by atoms with van der Waals surface area (Å²) in [5.74, 6) is 1.53. The van der Waals surface area contributed by atoms with Gasteiger partial charge in [-0.25, -0.2) is 8.99 Å². The Morgan fingerprint density at radius 3 is 2.74 bits per heavy atom. The van der Waals surface area contributed by atoms with Gasteiger partial charge in [0.25, 0.3) is 0 Å². The fourth-order valence-corrected chi connectivity index (χ4v) is 2.75. The Bertz CT molecular complexity index is 512. The Hall–Kier alpha value is -1.44. The Morgan fingerprint density at radius 2 is 1.95 bits per heavy atom. The highest BCUT2D eigenvalue weighted by molar-refractivity contribution is 7.96. The lowest BCUT2D eigenvalue weighted by Gasteiger charge is -2.25. The van der Waals surface area contributed by atoms with E-state index < -0.39 is 0 Å². The molecule has 0 unspecified atom stereocenters. The highest BCUT2D eigenvalue weighted by atomic mass is 32.2. The standard InChI is InChI=1S/C12H15N5OS/c1-2-4-11(5-3-1)12-13-14-15-17(12)10-19-16-6-8-18-9-7-16/h1-5H,6-10H2. The topological polar surface area (TPSA) is 56.1 Å². The molecule has 0 saturated carbocycles. The largest absolute Gasteiger partial charge is 0.379 e. The van der Waals surface area contributed by atoms with Crippen molar-refractivity contribution < 1.29 is 4.74 Å². The Balaban J connectivity index is 1.67. The van der Waals surface area contributed by atoms with Crippen LogP contribution in [0.1, 0.15) is 0 Å². The third kappa shape index (κ3) is 3.12. The number of benzene rings is 1. The van der Waals surface area contributed by atoms with E-state index in [0.717, 1.165) is 43.6 Å². The third-order valence-corrected chi connectivity index (χ3v) is 3.99. The smallest absolute Gasteiger partial charge is 0.182 e. The van der Waals surface area contributed by atoms with Gasteiger partial charge in [-0.05, 0) is 10.4 Å². The number of morpholine rings is 1. The van der Waals surface area contributed by atoms with Crippen molar-refractivity contribution in [2.75, 3.05) is 26.3 Å². The van der Waals surface area contributed by atoms with E-state index in [4.69, 9.17) is 4.74 Å². The minimum Gasteiger partial charge on any atom is -0.379 e. The number of tetrazole rings is 1. The highest BCUT2D eigenvalue weighted by Crippen LogP contribution is 2.19.